The van der Waals surface area contributed by atoms with Gasteiger partial charge in [-0.25, -0.2) is 9.13 Å². The van der Waals surface area contributed by atoms with Crippen molar-refractivity contribution in [3.05, 3.63) is 95.6 Å². The van der Waals surface area contributed by atoms with Gasteiger partial charge >= 0.3 is 0 Å². The van der Waals surface area contributed by atoms with Gasteiger partial charge in [0.2, 0.25) is 0 Å². The van der Waals surface area contributed by atoms with Gasteiger partial charge in [0.25, 0.3) is 0 Å². The molecule has 0 saturated carbocycles. The van der Waals surface area contributed by atoms with Crippen LogP contribution in [-0.2, 0) is 13.1 Å². The molecule has 0 amide bonds. The molecule has 0 fully saturated rings. The summed E-state index contributed by atoms with van der Waals surface area (Å²) in [5, 5.41) is 21.5. The third-order valence-electron chi connectivity index (χ3n) is 4.01. The lowest BCUT2D eigenvalue weighted by atomic mass is 10.1. The first-order chi connectivity index (χ1) is 12.5. The molecule has 0 aliphatic carbocycles. The van der Waals surface area contributed by atoms with E-state index in [4.69, 9.17) is 0 Å². The monoisotopic (exact) mass is 348 g/mol. The molecule has 6 nitrogen and oxygen atoms in total. The summed E-state index contributed by atoms with van der Waals surface area (Å²) >= 11 is 0. The van der Waals surface area contributed by atoms with Gasteiger partial charge < -0.3 is 19.8 Å². The average molecular weight is 348 g/mol. The summed E-state index contributed by atoms with van der Waals surface area (Å²) in [6.07, 6.45) is 6.81. The molecule has 2 aromatic heterocycles. The number of aromatic carboxylic acids is 2. The number of pyridine rings is 2. The highest BCUT2D eigenvalue weighted by molar-refractivity contribution is 5.85. The summed E-state index contributed by atoms with van der Waals surface area (Å²) in [6.45, 7) is 1.25. The second kappa shape index (κ2) is 7.57. The number of hydrogen-bond donors (Lipinski definition) is 0. The van der Waals surface area contributed by atoms with Crippen LogP contribution in [0.4, 0.5) is 0 Å². The van der Waals surface area contributed by atoms with Crippen LogP contribution in [0.15, 0.2) is 73.3 Å². The summed E-state index contributed by atoms with van der Waals surface area (Å²) in [7, 11) is 0. The number of carbonyl (C=O) groups excluding carboxylic acids is 2. The quantitative estimate of drug-likeness (QED) is 0.539. The van der Waals surface area contributed by atoms with Gasteiger partial charge in [-0.3, -0.25) is 0 Å². The molecule has 130 valence electrons. The standard InChI is InChI=1S/C20H16N2O4/c23-19(24)17-5-9-21(10-6-17)13-15-1-2-16(4-3-15)14-22-11-7-18(8-12-22)20(25)26/h1-12H,13-14H2. The van der Waals surface area contributed by atoms with E-state index in [1.54, 1.807) is 24.8 Å². The second-order valence-corrected chi connectivity index (χ2v) is 5.91. The lowest BCUT2D eigenvalue weighted by Crippen LogP contribution is -2.35. The van der Waals surface area contributed by atoms with Crippen molar-refractivity contribution in [2.24, 2.45) is 0 Å². The normalized spacial score (nSPS) is 10.5. The van der Waals surface area contributed by atoms with Crippen molar-refractivity contribution in [3.8, 4) is 0 Å². The molecule has 0 radical (unpaired) electrons. The molecular weight excluding hydrogens is 332 g/mol. The molecule has 3 rings (SSSR count). The number of carboxylic acids is 2. The second-order valence-electron chi connectivity index (χ2n) is 5.91. The molecule has 0 atom stereocenters. The van der Waals surface area contributed by atoms with Gasteiger partial charge in [0, 0.05) is 46.5 Å². The number of hydrogen-bond acceptors (Lipinski definition) is 4. The zero-order chi connectivity index (χ0) is 18.5. The van der Waals surface area contributed by atoms with Crippen molar-refractivity contribution in [1.82, 2.24) is 0 Å². The van der Waals surface area contributed by atoms with E-state index in [0.29, 0.717) is 13.1 Å². The van der Waals surface area contributed by atoms with E-state index in [2.05, 4.69) is 0 Å². The Balaban J connectivity index is 1.64. The summed E-state index contributed by atoms with van der Waals surface area (Å²) in [5.74, 6) is -2.38. The van der Waals surface area contributed by atoms with Gasteiger partial charge in [0.05, 0.1) is 11.9 Å². The van der Waals surface area contributed by atoms with Gasteiger partial charge in [-0.1, -0.05) is 24.3 Å². The topological polar surface area (TPSA) is 88.0 Å². The van der Waals surface area contributed by atoms with Crippen LogP contribution in [0.5, 0.6) is 0 Å². The van der Waals surface area contributed by atoms with Gasteiger partial charge in [0.15, 0.2) is 37.9 Å². The van der Waals surface area contributed by atoms with Crippen molar-refractivity contribution < 1.29 is 28.9 Å². The number of carbonyl (C=O) groups is 2. The van der Waals surface area contributed by atoms with Crippen LogP contribution in [0.25, 0.3) is 0 Å². The smallest absolute Gasteiger partial charge is 0.173 e. The van der Waals surface area contributed by atoms with Crippen molar-refractivity contribution in [3.63, 3.8) is 0 Å². The number of carboxylic acid groups (broad SMARTS) is 2. The molecular formula is C20H16N2O4. The van der Waals surface area contributed by atoms with Crippen molar-refractivity contribution in [1.29, 1.82) is 0 Å². The number of nitrogens with zero attached hydrogens (tertiary/aromatic N) is 2. The van der Waals surface area contributed by atoms with Crippen LogP contribution in [0.2, 0.25) is 0 Å². The molecule has 6 heteroatoms. The summed E-state index contributed by atoms with van der Waals surface area (Å²) in [5.41, 5.74) is 2.46. The fourth-order valence-electron chi connectivity index (χ4n) is 2.57. The summed E-state index contributed by atoms with van der Waals surface area (Å²) in [4.78, 5) is 21.5. The van der Waals surface area contributed by atoms with Gasteiger partial charge in [0.1, 0.15) is 0 Å². The Labute approximate surface area is 150 Å². The maximum atomic E-state index is 10.8. The van der Waals surface area contributed by atoms with Crippen LogP contribution in [0.3, 0.4) is 0 Å². The lowest BCUT2D eigenvalue weighted by Gasteiger charge is -2.03. The SMILES string of the molecule is O=C([O-])c1cc[n+](Cc2ccc(C[n+]3ccc(C(=O)[O-])cc3)cc2)cc1. The molecule has 0 aliphatic rings. The van der Waals surface area contributed by atoms with Crippen LogP contribution < -0.4 is 19.3 Å². The highest BCUT2D eigenvalue weighted by Crippen LogP contribution is 2.05. The van der Waals surface area contributed by atoms with Crippen molar-refractivity contribution in [2.45, 2.75) is 13.1 Å². The molecule has 2 heterocycles. The molecule has 0 saturated heterocycles. The van der Waals surface area contributed by atoms with E-state index < -0.39 is 11.9 Å². The van der Waals surface area contributed by atoms with Gasteiger partial charge in [-0.05, 0) is 0 Å². The van der Waals surface area contributed by atoms with Crippen molar-refractivity contribution >= 4 is 11.9 Å². The maximum absolute atomic E-state index is 10.8. The van der Waals surface area contributed by atoms with Gasteiger partial charge in [-0.15, -0.1) is 0 Å². The number of rotatable bonds is 6. The first-order valence-corrected chi connectivity index (χ1v) is 8.00. The molecule has 0 bridgehead atoms. The summed E-state index contributed by atoms with van der Waals surface area (Å²) < 4.78 is 3.77. The molecule has 0 aliphatic heterocycles. The van der Waals surface area contributed by atoms with E-state index >= 15 is 0 Å². The lowest BCUT2D eigenvalue weighted by molar-refractivity contribution is -0.689. The van der Waals surface area contributed by atoms with E-state index in [9.17, 15) is 19.8 Å². The fourth-order valence-corrected chi connectivity index (χ4v) is 2.57. The minimum absolute atomic E-state index is 0.151. The first-order valence-electron chi connectivity index (χ1n) is 8.00. The van der Waals surface area contributed by atoms with Crippen LogP contribution in [0, 0.1) is 0 Å². The highest BCUT2D eigenvalue weighted by Gasteiger charge is 2.06. The molecule has 0 unspecified atom stereocenters. The Morgan fingerprint density at radius 1 is 0.615 bits per heavy atom. The Morgan fingerprint density at radius 2 is 0.923 bits per heavy atom. The van der Waals surface area contributed by atoms with Gasteiger partial charge in [-0.2, -0.15) is 0 Å². The van der Waals surface area contributed by atoms with Crippen LogP contribution in [-0.4, -0.2) is 11.9 Å². The zero-order valence-corrected chi connectivity index (χ0v) is 13.9. The van der Waals surface area contributed by atoms with Crippen LogP contribution >= 0.6 is 0 Å². The molecule has 26 heavy (non-hydrogen) atoms. The number of benzene rings is 1. The summed E-state index contributed by atoms with van der Waals surface area (Å²) in [6, 6.07) is 14.1. The Morgan fingerprint density at radius 3 is 1.19 bits per heavy atom. The minimum Gasteiger partial charge on any atom is -0.545 e. The largest absolute Gasteiger partial charge is 0.545 e. The fraction of sp³-hybridized carbons (Fsp3) is 0.100. The predicted octanol–water partition coefficient (Wildman–Crippen LogP) is -0.915. The van der Waals surface area contributed by atoms with E-state index in [1.807, 2.05) is 33.4 Å². The molecule has 3 aromatic rings. The Kier molecular flexibility index (Phi) is 5.03. The minimum atomic E-state index is -1.19. The zero-order valence-electron chi connectivity index (χ0n) is 13.9. The average Bonchev–Trinajstić information content (AvgIpc) is 2.64. The number of aromatic nitrogens is 2. The Hall–Kier alpha value is -3.54. The predicted molar refractivity (Wildman–Crippen MR) is 86.6 cm³/mol. The van der Waals surface area contributed by atoms with E-state index in [1.165, 1.54) is 24.3 Å². The van der Waals surface area contributed by atoms with Crippen molar-refractivity contribution in [2.75, 3.05) is 0 Å². The highest BCUT2D eigenvalue weighted by atomic mass is 16.4. The molecule has 1 aromatic carbocycles. The first kappa shape index (κ1) is 17.3. The van der Waals surface area contributed by atoms with E-state index in [-0.39, 0.29) is 11.1 Å². The Bertz CT molecular complexity index is 839. The van der Waals surface area contributed by atoms with Crippen LogP contribution in [0.1, 0.15) is 31.8 Å². The maximum Gasteiger partial charge on any atom is 0.173 e. The molecule has 0 spiro atoms. The third kappa shape index (κ3) is 4.30. The molecule has 0 N–H and O–H groups in total. The van der Waals surface area contributed by atoms with E-state index in [0.717, 1.165) is 11.1 Å². The third-order valence-corrected chi connectivity index (χ3v) is 4.01.